The first-order chi connectivity index (χ1) is 11.7. The first-order valence-electron chi connectivity index (χ1n) is 7.63. The normalized spacial score (nSPS) is 10.1. The lowest BCUT2D eigenvalue weighted by molar-refractivity contribution is -0.115. The largest absolute Gasteiger partial charge is 0.497 e. The van der Waals surface area contributed by atoms with Gasteiger partial charge in [-0.15, -0.1) is 0 Å². The van der Waals surface area contributed by atoms with E-state index in [-0.39, 0.29) is 12.5 Å². The summed E-state index contributed by atoms with van der Waals surface area (Å²) in [7, 11) is 3.21. The first kappa shape index (κ1) is 17.6. The monoisotopic (exact) mass is 330 g/mol. The highest BCUT2D eigenvalue weighted by molar-refractivity contribution is 5.92. The minimum Gasteiger partial charge on any atom is -0.497 e. The Bertz CT molecular complexity index is 644. The zero-order valence-electron chi connectivity index (χ0n) is 13.9. The van der Waals surface area contributed by atoms with Crippen LogP contribution in [0.1, 0.15) is 0 Å². The van der Waals surface area contributed by atoms with Crippen molar-refractivity contribution < 1.29 is 19.0 Å². The fraction of sp³-hybridized carbons (Fsp3) is 0.278. The average molecular weight is 330 g/mol. The fourth-order valence-electron chi connectivity index (χ4n) is 2.02. The molecule has 0 saturated carbocycles. The minimum absolute atomic E-state index is 0.118. The summed E-state index contributed by atoms with van der Waals surface area (Å²) < 4.78 is 15.8. The van der Waals surface area contributed by atoms with Gasteiger partial charge in [0.1, 0.15) is 23.9 Å². The summed E-state index contributed by atoms with van der Waals surface area (Å²) in [4.78, 5) is 11.8. The van der Waals surface area contributed by atoms with Crippen LogP contribution in [0.5, 0.6) is 17.2 Å². The van der Waals surface area contributed by atoms with Gasteiger partial charge in [-0.05, 0) is 36.4 Å². The van der Waals surface area contributed by atoms with Gasteiger partial charge in [0, 0.05) is 18.3 Å². The van der Waals surface area contributed by atoms with Crippen molar-refractivity contribution in [3.8, 4) is 17.2 Å². The second-order valence-corrected chi connectivity index (χ2v) is 4.98. The topological polar surface area (TPSA) is 68.8 Å². The highest BCUT2D eigenvalue weighted by Crippen LogP contribution is 2.17. The molecule has 0 spiro atoms. The SMILES string of the molecule is COc1ccc(OCCNCC(=O)Nc2cccc(OC)c2)cc1. The van der Waals surface area contributed by atoms with E-state index < -0.39 is 0 Å². The van der Waals surface area contributed by atoms with E-state index in [1.54, 1.807) is 20.3 Å². The highest BCUT2D eigenvalue weighted by atomic mass is 16.5. The second kappa shape index (κ2) is 9.42. The van der Waals surface area contributed by atoms with Crippen LogP contribution >= 0.6 is 0 Å². The summed E-state index contributed by atoms with van der Waals surface area (Å²) >= 11 is 0. The summed E-state index contributed by atoms with van der Waals surface area (Å²) in [6, 6.07) is 14.6. The van der Waals surface area contributed by atoms with Gasteiger partial charge >= 0.3 is 0 Å². The lowest BCUT2D eigenvalue weighted by atomic mass is 10.3. The lowest BCUT2D eigenvalue weighted by Crippen LogP contribution is -2.31. The zero-order chi connectivity index (χ0) is 17.2. The number of ether oxygens (including phenoxy) is 3. The average Bonchev–Trinajstić information content (AvgIpc) is 2.62. The number of carbonyl (C=O) groups is 1. The Morgan fingerprint density at radius 2 is 1.67 bits per heavy atom. The maximum absolute atomic E-state index is 11.8. The molecule has 24 heavy (non-hydrogen) atoms. The molecule has 2 N–H and O–H groups in total. The third-order valence-corrected chi connectivity index (χ3v) is 3.25. The second-order valence-electron chi connectivity index (χ2n) is 4.98. The number of carbonyl (C=O) groups excluding carboxylic acids is 1. The molecule has 0 aromatic heterocycles. The number of nitrogens with one attached hydrogen (secondary N) is 2. The van der Waals surface area contributed by atoms with E-state index in [2.05, 4.69) is 10.6 Å². The van der Waals surface area contributed by atoms with Crippen molar-refractivity contribution in [2.24, 2.45) is 0 Å². The zero-order valence-corrected chi connectivity index (χ0v) is 13.9. The third kappa shape index (κ3) is 5.81. The molecular weight excluding hydrogens is 308 g/mol. The number of amides is 1. The molecule has 0 aliphatic carbocycles. The first-order valence-corrected chi connectivity index (χ1v) is 7.63. The van der Waals surface area contributed by atoms with Crippen LogP contribution in [-0.2, 0) is 4.79 Å². The van der Waals surface area contributed by atoms with Crippen molar-refractivity contribution in [1.29, 1.82) is 0 Å². The van der Waals surface area contributed by atoms with Crippen molar-refractivity contribution >= 4 is 11.6 Å². The van der Waals surface area contributed by atoms with Gasteiger partial charge in [-0.3, -0.25) is 4.79 Å². The van der Waals surface area contributed by atoms with Crippen LogP contribution in [0.15, 0.2) is 48.5 Å². The Hall–Kier alpha value is -2.73. The molecule has 2 aromatic carbocycles. The number of benzene rings is 2. The van der Waals surface area contributed by atoms with Crippen molar-refractivity contribution in [3.05, 3.63) is 48.5 Å². The molecule has 2 rings (SSSR count). The van der Waals surface area contributed by atoms with Crippen LogP contribution < -0.4 is 24.8 Å². The molecule has 0 atom stereocenters. The van der Waals surface area contributed by atoms with Crippen molar-refractivity contribution in [1.82, 2.24) is 5.32 Å². The molecular formula is C18H22N2O4. The predicted molar refractivity (Wildman–Crippen MR) is 93.0 cm³/mol. The maximum Gasteiger partial charge on any atom is 0.238 e. The van der Waals surface area contributed by atoms with Gasteiger partial charge in [0.2, 0.25) is 5.91 Å². The van der Waals surface area contributed by atoms with Crippen LogP contribution in [0.25, 0.3) is 0 Å². The van der Waals surface area contributed by atoms with Gasteiger partial charge in [-0.2, -0.15) is 0 Å². The highest BCUT2D eigenvalue weighted by Gasteiger charge is 2.03. The van der Waals surface area contributed by atoms with Crippen molar-refractivity contribution in [2.75, 3.05) is 39.2 Å². The maximum atomic E-state index is 11.8. The smallest absolute Gasteiger partial charge is 0.238 e. The summed E-state index contributed by atoms with van der Waals surface area (Å²) in [6.45, 7) is 1.25. The molecule has 0 radical (unpaired) electrons. The molecule has 0 bridgehead atoms. The van der Waals surface area contributed by atoms with E-state index in [4.69, 9.17) is 14.2 Å². The molecule has 0 aliphatic rings. The standard InChI is InChI=1S/C18H22N2O4/c1-22-15-6-8-16(9-7-15)24-11-10-19-13-18(21)20-14-4-3-5-17(12-14)23-2/h3-9,12,19H,10-11,13H2,1-2H3,(H,20,21). The molecule has 0 aliphatic heterocycles. The minimum atomic E-state index is -0.118. The Labute approximate surface area is 141 Å². The summed E-state index contributed by atoms with van der Waals surface area (Å²) in [5, 5.41) is 5.84. The molecule has 0 unspecified atom stereocenters. The molecule has 1 amide bonds. The van der Waals surface area contributed by atoms with Gasteiger partial charge in [0.25, 0.3) is 0 Å². The third-order valence-electron chi connectivity index (χ3n) is 3.25. The van der Waals surface area contributed by atoms with Crippen LogP contribution in [0.3, 0.4) is 0 Å². The summed E-state index contributed by atoms with van der Waals surface area (Å²) in [6.07, 6.45) is 0. The Kier molecular flexibility index (Phi) is 6.91. The molecule has 2 aromatic rings. The van der Waals surface area contributed by atoms with Crippen LogP contribution in [-0.4, -0.2) is 39.8 Å². The van der Waals surface area contributed by atoms with Gasteiger partial charge in [0.15, 0.2) is 0 Å². The van der Waals surface area contributed by atoms with E-state index in [1.807, 2.05) is 42.5 Å². The number of methoxy groups -OCH3 is 2. The number of hydrogen-bond acceptors (Lipinski definition) is 5. The number of hydrogen-bond donors (Lipinski definition) is 2. The Balaban J connectivity index is 1.63. The van der Waals surface area contributed by atoms with Gasteiger partial charge in [-0.1, -0.05) is 6.07 Å². The van der Waals surface area contributed by atoms with E-state index >= 15 is 0 Å². The Morgan fingerprint density at radius 3 is 2.38 bits per heavy atom. The summed E-state index contributed by atoms with van der Waals surface area (Å²) in [5.41, 5.74) is 0.704. The van der Waals surface area contributed by atoms with E-state index in [1.165, 1.54) is 0 Å². The van der Waals surface area contributed by atoms with Crippen LogP contribution in [0.4, 0.5) is 5.69 Å². The molecule has 6 nitrogen and oxygen atoms in total. The van der Waals surface area contributed by atoms with E-state index in [0.29, 0.717) is 24.6 Å². The van der Waals surface area contributed by atoms with Crippen LogP contribution in [0, 0.1) is 0 Å². The van der Waals surface area contributed by atoms with Gasteiger partial charge < -0.3 is 24.8 Å². The van der Waals surface area contributed by atoms with Gasteiger partial charge in [-0.25, -0.2) is 0 Å². The van der Waals surface area contributed by atoms with E-state index in [0.717, 1.165) is 11.5 Å². The number of rotatable bonds is 9. The van der Waals surface area contributed by atoms with E-state index in [9.17, 15) is 4.79 Å². The predicted octanol–water partition coefficient (Wildman–Crippen LogP) is 2.31. The molecule has 0 heterocycles. The molecule has 0 saturated heterocycles. The van der Waals surface area contributed by atoms with Gasteiger partial charge in [0.05, 0.1) is 20.8 Å². The van der Waals surface area contributed by atoms with Crippen molar-refractivity contribution in [2.45, 2.75) is 0 Å². The fourth-order valence-corrected chi connectivity index (χ4v) is 2.02. The van der Waals surface area contributed by atoms with Crippen LogP contribution in [0.2, 0.25) is 0 Å². The Morgan fingerprint density at radius 1 is 0.958 bits per heavy atom. The quantitative estimate of drug-likeness (QED) is 0.691. The summed E-state index contributed by atoms with van der Waals surface area (Å²) in [5.74, 6) is 2.13. The molecule has 6 heteroatoms. The molecule has 128 valence electrons. The number of anilines is 1. The molecule has 0 fully saturated rings. The lowest BCUT2D eigenvalue weighted by Gasteiger charge is -2.09. The van der Waals surface area contributed by atoms with Crippen molar-refractivity contribution in [3.63, 3.8) is 0 Å².